The van der Waals surface area contributed by atoms with Crippen molar-refractivity contribution in [1.29, 1.82) is 5.26 Å². The predicted octanol–water partition coefficient (Wildman–Crippen LogP) is 2.61. The summed E-state index contributed by atoms with van der Waals surface area (Å²) in [6, 6.07) is 13.3. The van der Waals surface area contributed by atoms with Gasteiger partial charge in [0.05, 0.1) is 17.7 Å². The van der Waals surface area contributed by atoms with Crippen LogP contribution in [0.5, 0.6) is 0 Å². The predicted molar refractivity (Wildman–Crippen MR) is 112 cm³/mol. The summed E-state index contributed by atoms with van der Waals surface area (Å²) in [5.41, 5.74) is 9.00. The molecular weight excluding hydrogens is 380 g/mol. The highest BCUT2D eigenvalue weighted by Gasteiger charge is 2.19. The van der Waals surface area contributed by atoms with Gasteiger partial charge >= 0.3 is 0 Å². The first kappa shape index (κ1) is 19.1. The number of hydrogen-bond donors (Lipinski definition) is 2. The summed E-state index contributed by atoms with van der Waals surface area (Å²) in [6.45, 7) is 3.78. The standard InChI is InChI=1S/C21H20N8O/c1-21(2,13-22)16-3-5-17(6-4-16)25-19(30)12-28-11-15(10-24-28)14-7-8-29-18(9-14)26-20(23)27-29/h3-11H,12H2,1-2H3,(H2,23,27)(H,25,30). The quantitative estimate of drug-likeness (QED) is 0.530. The Morgan fingerprint density at radius 3 is 2.73 bits per heavy atom. The molecule has 3 heterocycles. The number of nitriles is 1. The van der Waals surface area contributed by atoms with Gasteiger partial charge in [-0.2, -0.15) is 15.3 Å². The molecule has 1 amide bonds. The van der Waals surface area contributed by atoms with E-state index in [1.165, 1.54) is 0 Å². The molecule has 0 aliphatic heterocycles. The van der Waals surface area contributed by atoms with Crippen molar-refractivity contribution in [2.24, 2.45) is 0 Å². The first-order valence-corrected chi connectivity index (χ1v) is 9.30. The maximum Gasteiger partial charge on any atom is 0.246 e. The zero-order valence-electron chi connectivity index (χ0n) is 16.6. The Morgan fingerprint density at radius 1 is 1.23 bits per heavy atom. The lowest BCUT2D eigenvalue weighted by molar-refractivity contribution is -0.116. The van der Waals surface area contributed by atoms with Gasteiger partial charge < -0.3 is 11.1 Å². The Balaban J connectivity index is 1.43. The van der Waals surface area contributed by atoms with Gasteiger partial charge in [0.25, 0.3) is 0 Å². The van der Waals surface area contributed by atoms with Crippen LogP contribution >= 0.6 is 0 Å². The van der Waals surface area contributed by atoms with E-state index < -0.39 is 5.41 Å². The van der Waals surface area contributed by atoms with E-state index in [1.54, 1.807) is 39.9 Å². The van der Waals surface area contributed by atoms with E-state index in [2.05, 4.69) is 26.6 Å². The van der Waals surface area contributed by atoms with Crippen LogP contribution in [-0.4, -0.2) is 30.3 Å². The minimum atomic E-state index is -0.574. The number of pyridine rings is 1. The third kappa shape index (κ3) is 3.84. The van der Waals surface area contributed by atoms with E-state index in [9.17, 15) is 10.1 Å². The minimum Gasteiger partial charge on any atom is -0.366 e. The first-order valence-electron chi connectivity index (χ1n) is 9.30. The zero-order valence-corrected chi connectivity index (χ0v) is 16.6. The molecule has 1 aromatic carbocycles. The molecule has 4 rings (SSSR count). The second-order valence-electron chi connectivity index (χ2n) is 7.48. The van der Waals surface area contributed by atoms with E-state index >= 15 is 0 Å². The number of nitrogens with two attached hydrogens (primary N) is 1. The number of nitrogen functional groups attached to an aromatic ring is 1. The van der Waals surface area contributed by atoms with Gasteiger partial charge in [0.2, 0.25) is 11.9 Å². The molecule has 0 bridgehead atoms. The Kier molecular flexibility index (Phi) is 4.68. The number of hydrogen-bond acceptors (Lipinski definition) is 6. The minimum absolute atomic E-state index is 0.0750. The number of amides is 1. The van der Waals surface area contributed by atoms with Crippen LogP contribution in [0.1, 0.15) is 19.4 Å². The molecule has 0 spiro atoms. The number of aromatic nitrogens is 5. The van der Waals surface area contributed by atoms with Crippen LogP contribution in [0.2, 0.25) is 0 Å². The number of fused-ring (bicyclic) bond motifs is 1. The molecule has 0 unspecified atom stereocenters. The van der Waals surface area contributed by atoms with Gasteiger partial charge in [0.1, 0.15) is 6.54 Å². The number of nitrogens with zero attached hydrogens (tertiary/aromatic N) is 6. The third-order valence-corrected chi connectivity index (χ3v) is 4.80. The molecule has 0 saturated carbocycles. The van der Waals surface area contributed by atoms with Gasteiger partial charge in [-0.15, -0.1) is 5.10 Å². The molecular formula is C21H20N8O. The van der Waals surface area contributed by atoms with Crippen molar-refractivity contribution in [2.45, 2.75) is 25.8 Å². The van der Waals surface area contributed by atoms with Crippen molar-refractivity contribution in [3.05, 3.63) is 60.6 Å². The molecule has 30 heavy (non-hydrogen) atoms. The van der Waals surface area contributed by atoms with Crippen LogP contribution in [0, 0.1) is 11.3 Å². The average molecular weight is 400 g/mol. The molecule has 0 radical (unpaired) electrons. The van der Waals surface area contributed by atoms with Crippen molar-refractivity contribution in [3.8, 4) is 17.2 Å². The molecule has 150 valence electrons. The van der Waals surface area contributed by atoms with Crippen LogP contribution in [0.25, 0.3) is 16.8 Å². The molecule has 0 aliphatic carbocycles. The molecule has 0 atom stereocenters. The second-order valence-corrected chi connectivity index (χ2v) is 7.48. The summed E-state index contributed by atoms with van der Waals surface area (Å²) in [5, 5.41) is 20.4. The Labute approximate surface area is 172 Å². The highest BCUT2D eigenvalue weighted by Crippen LogP contribution is 2.24. The lowest BCUT2D eigenvalue weighted by Gasteiger charge is -2.16. The van der Waals surface area contributed by atoms with E-state index in [0.29, 0.717) is 11.3 Å². The summed E-state index contributed by atoms with van der Waals surface area (Å²) in [7, 11) is 0. The lowest BCUT2D eigenvalue weighted by atomic mass is 9.86. The molecule has 0 aliphatic rings. The summed E-state index contributed by atoms with van der Waals surface area (Å²) >= 11 is 0. The van der Waals surface area contributed by atoms with Gasteiger partial charge in [-0.3, -0.25) is 9.48 Å². The molecule has 9 heteroatoms. The SMILES string of the molecule is CC(C)(C#N)c1ccc(NC(=O)Cn2cc(-c3ccn4nc(N)nc4c3)cn2)cc1. The first-order chi connectivity index (χ1) is 14.3. The van der Waals surface area contributed by atoms with Crippen LogP contribution in [-0.2, 0) is 16.8 Å². The van der Waals surface area contributed by atoms with Crippen molar-refractivity contribution >= 4 is 23.2 Å². The Bertz CT molecular complexity index is 1260. The van der Waals surface area contributed by atoms with Crippen LogP contribution in [0.15, 0.2) is 55.0 Å². The summed E-state index contributed by atoms with van der Waals surface area (Å²) in [5.74, 6) is 0.0151. The molecule has 0 fully saturated rings. The fraction of sp³-hybridized carbons (Fsp3) is 0.190. The highest BCUT2D eigenvalue weighted by molar-refractivity contribution is 5.90. The normalized spacial score (nSPS) is 11.4. The van der Waals surface area contributed by atoms with E-state index in [-0.39, 0.29) is 18.4 Å². The fourth-order valence-electron chi connectivity index (χ4n) is 3.06. The number of anilines is 2. The number of carbonyl (C=O) groups is 1. The molecule has 0 saturated heterocycles. The smallest absolute Gasteiger partial charge is 0.246 e. The van der Waals surface area contributed by atoms with Gasteiger partial charge in [-0.05, 0) is 49.2 Å². The maximum atomic E-state index is 12.4. The summed E-state index contributed by atoms with van der Waals surface area (Å²) in [6.07, 6.45) is 5.26. The topological polar surface area (TPSA) is 127 Å². The largest absolute Gasteiger partial charge is 0.366 e. The second kappa shape index (κ2) is 7.33. The van der Waals surface area contributed by atoms with Gasteiger partial charge in [-0.1, -0.05) is 12.1 Å². The van der Waals surface area contributed by atoms with Gasteiger partial charge in [-0.25, -0.2) is 4.52 Å². The van der Waals surface area contributed by atoms with Gasteiger partial charge in [0.15, 0.2) is 5.65 Å². The molecule has 3 N–H and O–H groups in total. The van der Waals surface area contributed by atoms with E-state index in [0.717, 1.165) is 16.7 Å². The monoisotopic (exact) mass is 400 g/mol. The number of benzene rings is 1. The van der Waals surface area contributed by atoms with Crippen molar-refractivity contribution in [3.63, 3.8) is 0 Å². The molecule has 3 aromatic heterocycles. The molecule has 9 nitrogen and oxygen atoms in total. The Morgan fingerprint density at radius 2 is 2.00 bits per heavy atom. The van der Waals surface area contributed by atoms with Crippen molar-refractivity contribution in [2.75, 3.05) is 11.1 Å². The Hall–Kier alpha value is -4.19. The summed E-state index contributed by atoms with van der Waals surface area (Å²) < 4.78 is 3.17. The van der Waals surface area contributed by atoms with Crippen molar-refractivity contribution in [1.82, 2.24) is 24.4 Å². The average Bonchev–Trinajstić information content (AvgIpc) is 3.33. The van der Waals surface area contributed by atoms with E-state index in [1.807, 2.05) is 38.1 Å². The number of carbonyl (C=O) groups excluding carboxylic acids is 1. The van der Waals surface area contributed by atoms with Crippen LogP contribution in [0.3, 0.4) is 0 Å². The highest BCUT2D eigenvalue weighted by atomic mass is 16.2. The lowest BCUT2D eigenvalue weighted by Crippen LogP contribution is -2.19. The number of rotatable bonds is 5. The summed E-state index contributed by atoms with van der Waals surface area (Å²) in [4.78, 5) is 16.5. The maximum absolute atomic E-state index is 12.4. The zero-order chi connectivity index (χ0) is 21.3. The van der Waals surface area contributed by atoms with Crippen molar-refractivity contribution < 1.29 is 4.79 Å². The van der Waals surface area contributed by atoms with Crippen LogP contribution < -0.4 is 11.1 Å². The molecule has 4 aromatic rings. The number of nitrogens with one attached hydrogen (secondary N) is 1. The van der Waals surface area contributed by atoms with Gasteiger partial charge in [0, 0.05) is 23.6 Å². The fourth-order valence-corrected chi connectivity index (χ4v) is 3.06. The van der Waals surface area contributed by atoms with E-state index in [4.69, 9.17) is 5.73 Å². The van der Waals surface area contributed by atoms with Crippen LogP contribution in [0.4, 0.5) is 11.6 Å². The third-order valence-electron chi connectivity index (χ3n) is 4.80.